The van der Waals surface area contributed by atoms with Crippen LogP contribution in [0.1, 0.15) is 70.3 Å². The van der Waals surface area contributed by atoms with Gasteiger partial charge in [0.1, 0.15) is 5.82 Å². The molecule has 3 aromatic carbocycles. The van der Waals surface area contributed by atoms with Gasteiger partial charge >= 0.3 is 0 Å². The Labute approximate surface area is 189 Å². The molecule has 3 heteroatoms. The number of halogens is 3. The summed E-state index contributed by atoms with van der Waals surface area (Å²) < 4.78 is 42.0. The number of unbranched alkanes of at least 4 members (excludes halogenated alkanes) is 2. The summed E-state index contributed by atoms with van der Waals surface area (Å²) in [6, 6.07) is 12.9. The van der Waals surface area contributed by atoms with Crippen molar-refractivity contribution in [3.05, 3.63) is 71.5 Å². The normalized spacial score (nSPS) is 18.9. The van der Waals surface area contributed by atoms with Gasteiger partial charge in [-0.15, -0.1) is 0 Å². The minimum absolute atomic E-state index is 0.292. The molecule has 0 aliphatic heterocycles. The van der Waals surface area contributed by atoms with Crippen molar-refractivity contribution in [1.29, 1.82) is 0 Å². The lowest BCUT2D eigenvalue weighted by Crippen LogP contribution is -2.15. The summed E-state index contributed by atoms with van der Waals surface area (Å²) in [4.78, 5) is 0. The van der Waals surface area contributed by atoms with Crippen LogP contribution in [0.15, 0.2) is 48.5 Å². The number of aryl methyl sites for hydroxylation is 1. The predicted molar refractivity (Wildman–Crippen MR) is 127 cm³/mol. The second kappa shape index (κ2) is 10.6. The van der Waals surface area contributed by atoms with E-state index in [1.54, 1.807) is 6.07 Å². The number of hydrogen-bond donors (Lipinski definition) is 0. The highest BCUT2D eigenvalue weighted by atomic mass is 19.2. The van der Waals surface area contributed by atoms with Crippen LogP contribution in [-0.2, 0) is 6.42 Å². The fourth-order valence-electron chi connectivity index (χ4n) is 5.25. The van der Waals surface area contributed by atoms with Crippen LogP contribution in [0, 0.1) is 29.3 Å². The zero-order valence-electron chi connectivity index (χ0n) is 19.0. The molecule has 3 aromatic rings. The molecule has 0 spiro atoms. The molecule has 1 aliphatic carbocycles. The molecule has 0 atom stereocenters. The molecule has 1 fully saturated rings. The van der Waals surface area contributed by atoms with E-state index in [2.05, 4.69) is 13.0 Å². The molecule has 0 amide bonds. The van der Waals surface area contributed by atoms with Crippen molar-refractivity contribution in [3.8, 4) is 11.1 Å². The topological polar surface area (TPSA) is 0 Å². The van der Waals surface area contributed by atoms with Gasteiger partial charge in [0.05, 0.1) is 0 Å². The molecule has 4 rings (SSSR count). The monoisotopic (exact) mass is 438 g/mol. The summed E-state index contributed by atoms with van der Waals surface area (Å²) in [7, 11) is 0. The quantitative estimate of drug-likeness (QED) is 0.307. The molecular weight excluding hydrogens is 405 g/mol. The van der Waals surface area contributed by atoms with Crippen molar-refractivity contribution in [2.45, 2.75) is 71.1 Å². The highest BCUT2D eigenvalue weighted by Crippen LogP contribution is 2.35. The van der Waals surface area contributed by atoms with E-state index in [0.29, 0.717) is 16.5 Å². The van der Waals surface area contributed by atoms with E-state index in [9.17, 15) is 8.78 Å². The van der Waals surface area contributed by atoms with E-state index in [0.717, 1.165) is 35.8 Å². The second-order valence-corrected chi connectivity index (χ2v) is 9.53. The van der Waals surface area contributed by atoms with Gasteiger partial charge in [-0.3, -0.25) is 0 Å². The van der Waals surface area contributed by atoms with Crippen LogP contribution < -0.4 is 0 Å². The lowest BCUT2D eigenvalue weighted by molar-refractivity contribution is 0.249. The van der Waals surface area contributed by atoms with Gasteiger partial charge in [0.25, 0.3) is 0 Å². The van der Waals surface area contributed by atoms with E-state index in [4.69, 9.17) is 0 Å². The fraction of sp³-hybridized carbons (Fsp3) is 0.448. The van der Waals surface area contributed by atoms with E-state index in [1.165, 1.54) is 69.4 Å². The smallest absolute Gasteiger partial charge is 0.159 e. The largest absolute Gasteiger partial charge is 0.206 e. The third-order valence-corrected chi connectivity index (χ3v) is 7.27. The molecule has 0 aromatic heterocycles. The van der Waals surface area contributed by atoms with Gasteiger partial charge in [0, 0.05) is 10.9 Å². The number of fused-ring (bicyclic) bond motifs is 1. The van der Waals surface area contributed by atoms with Gasteiger partial charge in [-0.05, 0) is 53.3 Å². The first kappa shape index (κ1) is 22.9. The fourth-order valence-corrected chi connectivity index (χ4v) is 5.25. The summed E-state index contributed by atoms with van der Waals surface area (Å²) in [5.74, 6) is -0.538. The minimum atomic E-state index is -0.965. The average Bonchev–Trinajstić information content (AvgIpc) is 2.81. The van der Waals surface area contributed by atoms with Crippen molar-refractivity contribution < 1.29 is 13.2 Å². The van der Waals surface area contributed by atoms with Crippen molar-refractivity contribution in [2.24, 2.45) is 11.8 Å². The SMILES string of the molecule is CCCCCC1CCC(CCc2ccc3c(F)c(-c4ccc(F)c(F)c4)ccc3c2)CC1. The van der Waals surface area contributed by atoms with Crippen LogP contribution in [0.5, 0.6) is 0 Å². The van der Waals surface area contributed by atoms with Gasteiger partial charge < -0.3 is 0 Å². The molecule has 0 nitrogen and oxygen atoms in total. The Balaban J connectivity index is 1.38. The Morgan fingerprint density at radius 3 is 2.22 bits per heavy atom. The lowest BCUT2D eigenvalue weighted by Gasteiger charge is -2.28. The maximum absolute atomic E-state index is 15.1. The summed E-state index contributed by atoms with van der Waals surface area (Å²) in [5.41, 5.74) is 1.88. The van der Waals surface area contributed by atoms with Crippen molar-refractivity contribution >= 4 is 10.8 Å². The van der Waals surface area contributed by atoms with E-state index < -0.39 is 11.6 Å². The third kappa shape index (κ3) is 5.36. The van der Waals surface area contributed by atoms with E-state index >= 15 is 4.39 Å². The second-order valence-electron chi connectivity index (χ2n) is 9.53. The predicted octanol–water partition coefficient (Wildman–Crippen LogP) is 9.24. The van der Waals surface area contributed by atoms with Crippen LogP contribution in [0.4, 0.5) is 13.2 Å². The Kier molecular flexibility index (Phi) is 7.55. The van der Waals surface area contributed by atoms with E-state index in [1.807, 2.05) is 18.2 Å². The van der Waals surface area contributed by atoms with Crippen LogP contribution in [0.3, 0.4) is 0 Å². The summed E-state index contributed by atoms with van der Waals surface area (Å²) in [5, 5.41) is 1.37. The molecule has 0 saturated heterocycles. The minimum Gasteiger partial charge on any atom is -0.206 e. The van der Waals surface area contributed by atoms with E-state index in [-0.39, 0.29) is 5.82 Å². The molecule has 0 heterocycles. The molecule has 0 radical (unpaired) electrons. The van der Waals surface area contributed by atoms with Gasteiger partial charge in [0.15, 0.2) is 11.6 Å². The number of hydrogen-bond acceptors (Lipinski definition) is 0. The van der Waals surface area contributed by atoms with Crippen LogP contribution >= 0.6 is 0 Å². The Morgan fingerprint density at radius 1 is 0.750 bits per heavy atom. The highest BCUT2D eigenvalue weighted by molar-refractivity contribution is 5.88. The zero-order chi connectivity index (χ0) is 22.5. The summed E-state index contributed by atoms with van der Waals surface area (Å²) >= 11 is 0. The van der Waals surface area contributed by atoms with Gasteiger partial charge in [-0.25, -0.2) is 13.2 Å². The van der Waals surface area contributed by atoms with Gasteiger partial charge in [-0.1, -0.05) is 94.7 Å². The first-order valence-electron chi connectivity index (χ1n) is 12.2. The Morgan fingerprint density at radius 2 is 1.50 bits per heavy atom. The van der Waals surface area contributed by atoms with Crippen LogP contribution in [0.25, 0.3) is 21.9 Å². The number of rotatable bonds is 8. The standard InChI is InChI=1S/C29H33F3/c1-2-3-4-5-20-6-8-21(9-7-20)10-11-22-12-15-25-23(18-22)13-16-26(29(25)32)24-14-17-27(30)28(31)19-24/h12-21H,2-11H2,1H3. The molecule has 0 N–H and O–H groups in total. The Hall–Kier alpha value is -2.29. The molecule has 1 saturated carbocycles. The molecule has 32 heavy (non-hydrogen) atoms. The van der Waals surface area contributed by atoms with Crippen LogP contribution in [0.2, 0.25) is 0 Å². The molecule has 0 bridgehead atoms. The zero-order valence-corrected chi connectivity index (χ0v) is 19.0. The third-order valence-electron chi connectivity index (χ3n) is 7.27. The van der Waals surface area contributed by atoms with Crippen molar-refractivity contribution in [3.63, 3.8) is 0 Å². The molecule has 170 valence electrons. The van der Waals surface area contributed by atoms with Crippen LogP contribution in [-0.4, -0.2) is 0 Å². The lowest BCUT2D eigenvalue weighted by atomic mass is 9.77. The van der Waals surface area contributed by atoms with Gasteiger partial charge in [0.2, 0.25) is 0 Å². The average molecular weight is 439 g/mol. The van der Waals surface area contributed by atoms with Crippen molar-refractivity contribution in [1.82, 2.24) is 0 Å². The number of benzene rings is 3. The summed E-state index contributed by atoms with van der Waals surface area (Å²) in [6.07, 6.45) is 13.1. The first-order chi connectivity index (χ1) is 15.5. The summed E-state index contributed by atoms with van der Waals surface area (Å²) in [6.45, 7) is 2.27. The maximum atomic E-state index is 15.1. The molecule has 1 aliphatic rings. The highest BCUT2D eigenvalue weighted by Gasteiger charge is 2.20. The molecular formula is C29H33F3. The first-order valence-corrected chi connectivity index (χ1v) is 12.2. The van der Waals surface area contributed by atoms with Gasteiger partial charge in [-0.2, -0.15) is 0 Å². The maximum Gasteiger partial charge on any atom is 0.159 e. The molecule has 0 unspecified atom stereocenters. The Bertz CT molecular complexity index is 1050. The van der Waals surface area contributed by atoms with Crippen molar-refractivity contribution in [2.75, 3.05) is 0 Å².